The van der Waals surface area contributed by atoms with E-state index in [1.54, 1.807) is 24.3 Å². The second-order valence-corrected chi connectivity index (χ2v) is 13.7. The Balaban J connectivity index is 1.29. The van der Waals surface area contributed by atoms with Crippen molar-refractivity contribution in [2.75, 3.05) is 38.0 Å². The summed E-state index contributed by atoms with van der Waals surface area (Å²) in [7, 11) is 0. The summed E-state index contributed by atoms with van der Waals surface area (Å²) in [6.07, 6.45) is 2.68. The molecule has 0 aliphatic heterocycles. The molecule has 54 heavy (non-hydrogen) atoms. The summed E-state index contributed by atoms with van der Waals surface area (Å²) in [5, 5.41) is 34.4. The van der Waals surface area contributed by atoms with Gasteiger partial charge in [-0.15, -0.1) is 10.2 Å². The van der Waals surface area contributed by atoms with Gasteiger partial charge in [-0.25, -0.2) is 4.79 Å². The van der Waals surface area contributed by atoms with E-state index >= 15 is 0 Å². The van der Waals surface area contributed by atoms with Crippen molar-refractivity contribution in [1.82, 2.24) is 41.5 Å². The van der Waals surface area contributed by atoms with Crippen LogP contribution in [0.15, 0.2) is 66.7 Å². The average molecular weight is 738 g/mol. The third-order valence-electron chi connectivity index (χ3n) is 10.2. The summed E-state index contributed by atoms with van der Waals surface area (Å²) in [6.45, 7) is 9.90. The van der Waals surface area contributed by atoms with Crippen LogP contribution in [0.3, 0.4) is 0 Å². The SMILES string of the molecule is CCc1ccc(C(=O)NCCN(CC)CC)cc1-c1ccc(C[C@H](NC(=O)C2CCC(CNC(=O)O)CC2)C(=O)Nc2ccc(-c3nn[nH]n3)cc2)cc1. The van der Waals surface area contributed by atoms with E-state index in [-0.39, 0.29) is 36.0 Å². The Morgan fingerprint density at radius 2 is 1.59 bits per heavy atom. The van der Waals surface area contributed by atoms with Gasteiger partial charge in [0.05, 0.1) is 0 Å². The molecule has 0 bridgehead atoms. The highest BCUT2D eigenvalue weighted by Crippen LogP contribution is 2.30. The van der Waals surface area contributed by atoms with E-state index in [0.717, 1.165) is 66.7 Å². The molecule has 14 nitrogen and oxygen atoms in total. The number of benzene rings is 3. The molecule has 1 aliphatic carbocycles. The van der Waals surface area contributed by atoms with Gasteiger partial charge >= 0.3 is 6.09 Å². The van der Waals surface area contributed by atoms with Gasteiger partial charge < -0.3 is 31.3 Å². The number of carbonyl (C=O) groups is 4. The van der Waals surface area contributed by atoms with Crippen molar-refractivity contribution in [2.45, 2.75) is 65.3 Å². The fraction of sp³-hybridized carbons (Fsp3) is 0.425. The van der Waals surface area contributed by atoms with E-state index in [0.29, 0.717) is 43.0 Å². The fourth-order valence-corrected chi connectivity index (χ4v) is 6.90. The Morgan fingerprint density at radius 1 is 0.889 bits per heavy atom. The van der Waals surface area contributed by atoms with E-state index in [1.807, 2.05) is 42.5 Å². The lowest BCUT2D eigenvalue weighted by Crippen LogP contribution is -2.48. The molecule has 0 unspecified atom stereocenters. The zero-order valence-electron chi connectivity index (χ0n) is 31.2. The number of likely N-dealkylation sites (N-methyl/N-ethyl adjacent to an activating group) is 1. The third kappa shape index (κ3) is 10.9. The molecule has 1 aromatic heterocycles. The number of H-pyrrole nitrogens is 1. The topological polar surface area (TPSA) is 194 Å². The van der Waals surface area contributed by atoms with Gasteiger partial charge in [0.25, 0.3) is 5.91 Å². The monoisotopic (exact) mass is 737 g/mol. The smallest absolute Gasteiger partial charge is 0.404 e. The van der Waals surface area contributed by atoms with Gasteiger partial charge in [0.15, 0.2) is 0 Å². The molecule has 0 spiro atoms. The number of rotatable bonds is 17. The molecular weight excluding hydrogens is 686 g/mol. The predicted octanol–water partition coefficient (Wildman–Crippen LogP) is 4.91. The van der Waals surface area contributed by atoms with E-state index in [9.17, 15) is 19.2 Å². The number of hydrogen-bond acceptors (Lipinski definition) is 8. The van der Waals surface area contributed by atoms with Crippen LogP contribution in [0.5, 0.6) is 0 Å². The molecule has 1 aliphatic rings. The zero-order chi connectivity index (χ0) is 38.5. The van der Waals surface area contributed by atoms with Crippen LogP contribution in [-0.4, -0.2) is 93.2 Å². The van der Waals surface area contributed by atoms with Crippen LogP contribution >= 0.6 is 0 Å². The van der Waals surface area contributed by atoms with E-state index in [1.165, 1.54) is 0 Å². The first-order valence-electron chi connectivity index (χ1n) is 18.8. The summed E-state index contributed by atoms with van der Waals surface area (Å²) in [6, 6.07) is 19.9. The maximum absolute atomic E-state index is 13.8. The molecule has 14 heteroatoms. The van der Waals surface area contributed by atoms with E-state index < -0.39 is 12.1 Å². The fourth-order valence-electron chi connectivity index (χ4n) is 6.90. The molecular formula is C40H51N9O5. The number of nitrogens with one attached hydrogen (secondary N) is 5. The standard InChI is InChI=1S/C40H51N9O5/c1-4-28-15-16-32(37(50)41-21-22-49(5-2)6-3)24-34(28)29-11-7-26(8-12-29)23-35(44-38(51)31-13-9-27(10-14-31)25-42-40(53)54)39(52)43-33-19-17-30(18-20-33)36-45-47-48-46-36/h7-8,11-12,15-20,24,27,31,35,42H,4-6,9-10,13-14,21-23,25H2,1-3H3,(H,41,50)(H,43,52)(H,44,51)(H,53,54)(H,45,46,47,48)/t27?,31?,35-/m0/s1. The summed E-state index contributed by atoms with van der Waals surface area (Å²) >= 11 is 0. The van der Waals surface area contributed by atoms with Crippen LogP contribution in [0.2, 0.25) is 0 Å². The van der Waals surface area contributed by atoms with Crippen LogP contribution in [0.25, 0.3) is 22.5 Å². The minimum atomic E-state index is -1.05. The van der Waals surface area contributed by atoms with Crippen molar-refractivity contribution in [2.24, 2.45) is 11.8 Å². The van der Waals surface area contributed by atoms with Crippen molar-refractivity contribution < 1.29 is 24.3 Å². The van der Waals surface area contributed by atoms with Crippen molar-refractivity contribution in [3.05, 3.63) is 83.4 Å². The van der Waals surface area contributed by atoms with Gasteiger partial charge in [-0.05, 0) is 115 Å². The molecule has 1 atom stereocenters. The third-order valence-corrected chi connectivity index (χ3v) is 10.2. The minimum absolute atomic E-state index is 0.109. The Morgan fingerprint density at radius 3 is 2.22 bits per heavy atom. The highest BCUT2D eigenvalue weighted by atomic mass is 16.4. The second kappa shape index (κ2) is 19.4. The number of carboxylic acid groups (broad SMARTS) is 1. The maximum Gasteiger partial charge on any atom is 0.404 e. The maximum atomic E-state index is 13.8. The number of aromatic amines is 1. The first kappa shape index (κ1) is 39.6. The number of tetrazole rings is 1. The zero-order valence-corrected chi connectivity index (χ0v) is 31.2. The number of aromatic nitrogens is 4. The van der Waals surface area contributed by atoms with Crippen molar-refractivity contribution in [3.63, 3.8) is 0 Å². The molecule has 1 fully saturated rings. The lowest BCUT2D eigenvalue weighted by molar-refractivity contribution is -0.130. The molecule has 5 rings (SSSR count). The number of anilines is 1. The minimum Gasteiger partial charge on any atom is -0.465 e. The molecule has 4 amide bonds. The Kier molecular flexibility index (Phi) is 14.3. The Hall–Kier alpha value is -5.63. The first-order valence-corrected chi connectivity index (χ1v) is 18.8. The molecule has 4 aromatic rings. The summed E-state index contributed by atoms with van der Waals surface area (Å²) < 4.78 is 0. The van der Waals surface area contributed by atoms with Gasteiger partial charge in [-0.2, -0.15) is 5.21 Å². The predicted molar refractivity (Wildman–Crippen MR) is 207 cm³/mol. The van der Waals surface area contributed by atoms with E-state index in [4.69, 9.17) is 5.11 Å². The van der Waals surface area contributed by atoms with Gasteiger partial charge in [-0.1, -0.05) is 51.1 Å². The van der Waals surface area contributed by atoms with Crippen molar-refractivity contribution >= 4 is 29.5 Å². The van der Waals surface area contributed by atoms with Crippen LogP contribution in [-0.2, 0) is 22.4 Å². The number of hydrogen-bond donors (Lipinski definition) is 6. The average Bonchev–Trinajstić information content (AvgIpc) is 3.74. The summed E-state index contributed by atoms with van der Waals surface area (Å²) in [5.41, 5.74) is 5.79. The van der Waals surface area contributed by atoms with E-state index in [2.05, 4.69) is 67.6 Å². The van der Waals surface area contributed by atoms with Gasteiger partial charge in [0.1, 0.15) is 6.04 Å². The molecule has 0 radical (unpaired) electrons. The van der Waals surface area contributed by atoms with Crippen LogP contribution in [0.1, 0.15) is 67.9 Å². The van der Waals surface area contributed by atoms with Crippen molar-refractivity contribution in [1.29, 1.82) is 0 Å². The normalized spacial score (nSPS) is 16.0. The van der Waals surface area contributed by atoms with Crippen LogP contribution in [0.4, 0.5) is 10.5 Å². The number of nitrogens with zero attached hydrogens (tertiary/aromatic N) is 4. The number of amides is 4. The Bertz CT molecular complexity index is 1840. The molecule has 3 aromatic carbocycles. The molecule has 1 heterocycles. The second-order valence-electron chi connectivity index (χ2n) is 13.7. The molecule has 286 valence electrons. The summed E-state index contributed by atoms with van der Waals surface area (Å²) in [5.74, 6) is -0.314. The van der Waals surface area contributed by atoms with Crippen LogP contribution in [0, 0.1) is 11.8 Å². The highest BCUT2D eigenvalue weighted by molar-refractivity contribution is 5.98. The van der Waals surface area contributed by atoms with Gasteiger partial charge in [0.2, 0.25) is 17.6 Å². The highest BCUT2D eigenvalue weighted by Gasteiger charge is 2.30. The van der Waals surface area contributed by atoms with Gasteiger partial charge in [0, 0.05) is 48.8 Å². The molecule has 1 saturated carbocycles. The quantitative estimate of drug-likeness (QED) is 0.0874. The number of carbonyl (C=O) groups excluding carboxylic acids is 3. The van der Waals surface area contributed by atoms with Gasteiger partial charge in [-0.3, -0.25) is 14.4 Å². The lowest BCUT2D eigenvalue weighted by atomic mass is 9.81. The number of aryl methyl sites for hydroxylation is 1. The first-order chi connectivity index (χ1) is 26.2. The molecule has 6 N–H and O–H groups in total. The summed E-state index contributed by atoms with van der Waals surface area (Å²) in [4.78, 5) is 53.6. The molecule has 0 saturated heterocycles. The van der Waals surface area contributed by atoms with Crippen molar-refractivity contribution in [3.8, 4) is 22.5 Å². The largest absolute Gasteiger partial charge is 0.465 e. The Labute approximate surface area is 315 Å². The van der Waals surface area contributed by atoms with Crippen LogP contribution < -0.4 is 21.3 Å². The lowest BCUT2D eigenvalue weighted by Gasteiger charge is -2.29.